The van der Waals surface area contributed by atoms with E-state index in [0.717, 1.165) is 55.8 Å². The summed E-state index contributed by atoms with van der Waals surface area (Å²) in [5, 5.41) is 7.75. The molecule has 0 amide bonds. The lowest BCUT2D eigenvalue weighted by Crippen LogP contribution is -2.38. The lowest BCUT2D eigenvalue weighted by molar-refractivity contribution is 0.153. The number of ether oxygens (including phenoxy) is 1. The molecule has 122 valence electrons. The quantitative estimate of drug-likeness (QED) is 0.480. The van der Waals surface area contributed by atoms with E-state index in [1.807, 2.05) is 6.92 Å². The van der Waals surface area contributed by atoms with Crippen molar-refractivity contribution in [1.82, 2.24) is 15.6 Å². The van der Waals surface area contributed by atoms with Crippen LogP contribution in [-0.2, 0) is 11.3 Å². The monoisotopic (exact) mass is 322 g/mol. The van der Waals surface area contributed by atoms with Crippen LogP contribution < -0.4 is 10.6 Å². The Balaban J connectivity index is 1.82. The molecular formula is C16H26N4OS. The Morgan fingerprint density at radius 2 is 2.27 bits per heavy atom. The summed E-state index contributed by atoms with van der Waals surface area (Å²) in [6.45, 7) is 10.2. The van der Waals surface area contributed by atoms with Gasteiger partial charge in [0.2, 0.25) is 0 Å². The molecule has 5 nitrogen and oxygen atoms in total. The van der Waals surface area contributed by atoms with Crippen LogP contribution in [0.15, 0.2) is 16.6 Å². The van der Waals surface area contributed by atoms with Crippen LogP contribution in [0, 0.1) is 13.8 Å². The number of guanidine groups is 1. The first-order valence-corrected chi connectivity index (χ1v) is 8.71. The third-order valence-electron chi connectivity index (χ3n) is 3.59. The largest absolute Gasteiger partial charge is 0.377 e. The van der Waals surface area contributed by atoms with Gasteiger partial charge in [-0.1, -0.05) is 11.6 Å². The number of rotatable bonds is 6. The molecule has 0 radical (unpaired) electrons. The summed E-state index contributed by atoms with van der Waals surface area (Å²) in [4.78, 5) is 10.4. The van der Waals surface area contributed by atoms with E-state index < -0.39 is 0 Å². The first kappa shape index (κ1) is 17.0. The predicted molar refractivity (Wildman–Crippen MR) is 92.5 cm³/mol. The van der Waals surface area contributed by atoms with E-state index in [2.05, 4.69) is 40.5 Å². The van der Waals surface area contributed by atoms with E-state index in [1.54, 1.807) is 11.3 Å². The maximum absolute atomic E-state index is 5.33. The van der Waals surface area contributed by atoms with Crippen LogP contribution in [-0.4, -0.2) is 37.2 Å². The molecule has 0 unspecified atom stereocenters. The third kappa shape index (κ3) is 5.42. The van der Waals surface area contributed by atoms with Gasteiger partial charge in [0.05, 0.1) is 25.5 Å². The number of thiazole rings is 1. The molecule has 6 heteroatoms. The summed E-state index contributed by atoms with van der Waals surface area (Å²) >= 11 is 1.72. The van der Waals surface area contributed by atoms with Crippen molar-refractivity contribution >= 4 is 17.3 Å². The van der Waals surface area contributed by atoms with Gasteiger partial charge in [-0.05, 0) is 33.6 Å². The molecule has 2 N–H and O–H groups in total. The van der Waals surface area contributed by atoms with Crippen molar-refractivity contribution in [2.75, 3.05) is 26.3 Å². The van der Waals surface area contributed by atoms with Crippen molar-refractivity contribution in [3.8, 4) is 0 Å². The van der Waals surface area contributed by atoms with Crippen molar-refractivity contribution in [1.29, 1.82) is 0 Å². The number of hydrogen-bond acceptors (Lipinski definition) is 4. The number of aryl methyl sites for hydroxylation is 2. The van der Waals surface area contributed by atoms with Gasteiger partial charge in [0.1, 0.15) is 5.01 Å². The van der Waals surface area contributed by atoms with Crippen LogP contribution in [0.5, 0.6) is 0 Å². The molecule has 0 atom stereocenters. The fourth-order valence-corrected chi connectivity index (χ4v) is 3.09. The smallest absolute Gasteiger partial charge is 0.191 e. The highest BCUT2D eigenvalue weighted by molar-refractivity contribution is 7.11. The van der Waals surface area contributed by atoms with Crippen LogP contribution in [0.1, 0.15) is 35.3 Å². The molecule has 0 bridgehead atoms. The standard InChI is InChI=1S/C16H26N4OS/c1-4-17-16(18-8-5-14-6-9-21-10-7-14)19-11-15-20-12(2)13(3)22-15/h6H,4-5,7-11H2,1-3H3,(H2,17,18,19). The van der Waals surface area contributed by atoms with Crippen molar-refractivity contribution in [2.24, 2.45) is 4.99 Å². The van der Waals surface area contributed by atoms with Crippen molar-refractivity contribution in [2.45, 2.75) is 40.2 Å². The third-order valence-corrected chi connectivity index (χ3v) is 4.64. The highest BCUT2D eigenvalue weighted by Crippen LogP contribution is 2.17. The van der Waals surface area contributed by atoms with E-state index >= 15 is 0 Å². The first-order chi connectivity index (χ1) is 10.7. The molecule has 1 aliphatic rings. The minimum absolute atomic E-state index is 0.630. The van der Waals surface area contributed by atoms with Crippen LogP contribution >= 0.6 is 11.3 Å². The predicted octanol–water partition coefficient (Wildman–Crippen LogP) is 2.55. The summed E-state index contributed by atoms with van der Waals surface area (Å²) in [7, 11) is 0. The van der Waals surface area contributed by atoms with Crippen LogP contribution in [0.25, 0.3) is 0 Å². The average Bonchev–Trinajstić information content (AvgIpc) is 2.84. The SMILES string of the molecule is CCNC(=NCc1nc(C)c(C)s1)NCCC1=CCOCC1. The molecule has 0 spiro atoms. The summed E-state index contributed by atoms with van der Waals surface area (Å²) < 4.78 is 5.33. The summed E-state index contributed by atoms with van der Waals surface area (Å²) in [6, 6.07) is 0. The van der Waals surface area contributed by atoms with E-state index in [4.69, 9.17) is 4.74 Å². The Hall–Kier alpha value is -1.40. The molecule has 1 aromatic heterocycles. The van der Waals surface area contributed by atoms with Gasteiger partial charge < -0.3 is 15.4 Å². The molecule has 0 aromatic carbocycles. The Morgan fingerprint density at radius 3 is 2.91 bits per heavy atom. The molecular weight excluding hydrogens is 296 g/mol. The highest BCUT2D eigenvalue weighted by atomic mass is 32.1. The maximum Gasteiger partial charge on any atom is 0.191 e. The zero-order chi connectivity index (χ0) is 15.8. The molecule has 1 aliphatic heterocycles. The van der Waals surface area contributed by atoms with Crippen molar-refractivity contribution in [3.05, 3.63) is 27.2 Å². The topological polar surface area (TPSA) is 58.5 Å². The molecule has 0 aliphatic carbocycles. The molecule has 2 rings (SSSR count). The van der Waals surface area contributed by atoms with Crippen molar-refractivity contribution in [3.63, 3.8) is 0 Å². The van der Waals surface area contributed by atoms with Gasteiger partial charge in [-0.15, -0.1) is 11.3 Å². The van der Waals surface area contributed by atoms with Gasteiger partial charge in [0.25, 0.3) is 0 Å². The van der Waals surface area contributed by atoms with Crippen LogP contribution in [0.2, 0.25) is 0 Å². The fourth-order valence-electron chi connectivity index (χ4n) is 2.23. The van der Waals surface area contributed by atoms with Gasteiger partial charge in [-0.2, -0.15) is 0 Å². The minimum Gasteiger partial charge on any atom is -0.377 e. The van der Waals surface area contributed by atoms with Gasteiger partial charge in [0.15, 0.2) is 5.96 Å². The average molecular weight is 322 g/mol. The Bertz CT molecular complexity index is 517. The number of nitrogens with one attached hydrogen (secondary N) is 2. The second-order valence-corrected chi connectivity index (χ2v) is 6.60. The zero-order valence-corrected chi connectivity index (χ0v) is 14.6. The van der Waals surface area contributed by atoms with E-state index in [-0.39, 0.29) is 0 Å². The Morgan fingerprint density at radius 1 is 1.41 bits per heavy atom. The molecule has 2 heterocycles. The second kappa shape index (κ2) is 8.90. The van der Waals surface area contributed by atoms with Gasteiger partial charge >= 0.3 is 0 Å². The van der Waals surface area contributed by atoms with Crippen LogP contribution in [0.4, 0.5) is 0 Å². The number of aromatic nitrogens is 1. The van der Waals surface area contributed by atoms with Gasteiger partial charge in [0, 0.05) is 18.0 Å². The lowest BCUT2D eigenvalue weighted by atomic mass is 10.1. The maximum atomic E-state index is 5.33. The number of nitrogens with zero attached hydrogens (tertiary/aromatic N) is 2. The first-order valence-electron chi connectivity index (χ1n) is 7.89. The van der Waals surface area contributed by atoms with Gasteiger partial charge in [-0.25, -0.2) is 9.98 Å². The van der Waals surface area contributed by atoms with Gasteiger partial charge in [-0.3, -0.25) is 0 Å². The molecule has 0 saturated carbocycles. The minimum atomic E-state index is 0.630. The normalized spacial score (nSPS) is 15.6. The van der Waals surface area contributed by atoms with E-state index in [0.29, 0.717) is 6.54 Å². The number of aliphatic imine (C=N–C) groups is 1. The van der Waals surface area contributed by atoms with Crippen LogP contribution in [0.3, 0.4) is 0 Å². The Labute approximate surface area is 136 Å². The zero-order valence-electron chi connectivity index (χ0n) is 13.7. The summed E-state index contributed by atoms with van der Waals surface area (Å²) in [5.41, 5.74) is 2.58. The Kier molecular flexibility index (Phi) is 6.86. The molecule has 1 aromatic rings. The van der Waals surface area contributed by atoms with Crippen molar-refractivity contribution < 1.29 is 4.74 Å². The molecule has 22 heavy (non-hydrogen) atoms. The van der Waals surface area contributed by atoms with E-state index in [9.17, 15) is 0 Å². The fraction of sp³-hybridized carbons (Fsp3) is 0.625. The molecule has 0 saturated heterocycles. The highest BCUT2D eigenvalue weighted by Gasteiger charge is 2.05. The second-order valence-electron chi connectivity index (χ2n) is 5.31. The summed E-state index contributed by atoms with van der Waals surface area (Å²) in [5.74, 6) is 0.862. The van der Waals surface area contributed by atoms with E-state index in [1.165, 1.54) is 10.5 Å². The molecule has 0 fully saturated rings. The summed E-state index contributed by atoms with van der Waals surface area (Å²) in [6.07, 6.45) is 4.28. The number of hydrogen-bond donors (Lipinski definition) is 2. The lowest BCUT2D eigenvalue weighted by Gasteiger charge is -2.15.